The van der Waals surface area contributed by atoms with Gasteiger partial charge in [0, 0.05) is 37.8 Å². The maximum Gasteiger partial charge on any atom is 0.317 e. The zero-order valence-electron chi connectivity index (χ0n) is 19.9. The lowest BCUT2D eigenvalue weighted by molar-refractivity contribution is -0.0383. The number of carbonyl (C=O) groups is 1. The van der Waals surface area contributed by atoms with Crippen LogP contribution in [0, 0.1) is 11.8 Å². The quantitative estimate of drug-likeness (QED) is 0.455. The summed E-state index contributed by atoms with van der Waals surface area (Å²) in [6.45, 7) is 9.98. The fraction of sp³-hybridized carbons (Fsp3) is 0.720. The number of nitrogens with zero attached hydrogens (tertiary/aromatic N) is 2. The lowest BCUT2D eigenvalue weighted by atomic mass is 9.92. The summed E-state index contributed by atoms with van der Waals surface area (Å²) in [4.78, 5) is 16.6. The van der Waals surface area contributed by atoms with Crippen molar-refractivity contribution in [1.82, 2.24) is 15.1 Å². The number of benzene rings is 1. The van der Waals surface area contributed by atoms with Crippen molar-refractivity contribution < 1.29 is 14.3 Å². The van der Waals surface area contributed by atoms with Crippen LogP contribution in [0.25, 0.3) is 0 Å². The Morgan fingerprint density at radius 2 is 1.97 bits per heavy atom. The molecule has 2 amide bonds. The molecule has 2 aliphatic rings. The number of halogens is 1. The standard InChI is InChI=1S/C25H40BrN3O3/c1-4-27-25(30)29-14-10-20(11-15-29)6-5-12-28-13-9-21(18-28)16-22-17-23(7-8-24(22)26)32-19(2)31-3/h7-8,17,19-21H,4-6,9-16,18H2,1-3H3,(H,27,30). The maximum atomic E-state index is 11.9. The van der Waals surface area contributed by atoms with E-state index in [-0.39, 0.29) is 12.3 Å². The van der Waals surface area contributed by atoms with E-state index in [1.165, 1.54) is 44.5 Å². The van der Waals surface area contributed by atoms with E-state index in [1.54, 1.807) is 7.11 Å². The highest BCUT2D eigenvalue weighted by atomic mass is 79.9. The molecule has 1 aromatic carbocycles. The largest absolute Gasteiger partial charge is 0.465 e. The molecule has 2 saturated heterocycles. The number of amides is 2. The number of piperidine rings is 1. The molecule has 7 heteroatoms. The molecule has 6 nitrogen and oxygen atoms in total. The number of nitrogens with one attached hydrogen (secondary N) is 1. The van der Waals surface area contributed by atoms with Gasteiger partial charge < -0.3 is 24.6 Å². The number of rotatable bonds is 10. The lowest BCUT2D eigenvalue weighted by Gasteiger charge is -2.32. The third-order valence-electron chi connectivity index (χ3n) is 6.85. The number of methoxy groups -OCH3 is 1. The third-order valence-corrected chi connectivity index (χ3v) is 7.62. The van der Waals surface area contributed by atoms with Crippen LogP contribution in [0.2, 0.25) is 0 Å². The minimum atomic E-state index is -0.244. The number of hydrogen-bond acceptors (Lipinski definition) is 4. The summed E-state index contributed by atoms with van der Waals surface area (Å²) in [5.41, 5.74) is 1.32. The first-order valence-electron chi connectivity index (χ1n) is 12.2. The van der Waals surface area contributed by atoms with E-state index < -0.39 is 0 Å². The molecule has 2 fully saturated rings. The van der Waals surface area contributed by atoms with Crippen LogP contribution in [0.3, 0.4) is 0 Å². The highest BCUT2D eigenvalue weighted by molar-refractivity contribution is 9.10. The normalized spacial score (nSPS) is 21.0. The lowest BCUT2D eigenvalue weighted by Crippen LogP contribution is -2.44. The van der Waals surface area contributed by atoms with Crippen LogP contribution in [0.5, 0.6) is 5.75 Å². The van der Waals surface area contributed by atoms with Gasteiger partial charge in [-0.15, -0.1) is 0 Å². The van der Waals surface area contributed by atoms with Gasteiger partial charge in [0.25, 0.3) is 0 Å². The summed E-state index contributed by atoms with van der Waals surface area (Å²) in [5, 5.41) is 2.91. The van der Waals surface area contributed by atoms with Crippen LogP contribution >= 0.6 is 15.9 Å². The molecule has 1 N–H and O–H groups in total. The number of ether oxygens (including phenoxy) is 2. The van der Waals surface area contributed by atoms with Gasteiger partial charge in [-0.2, -0.15) is 0 Å². The highest BCUT2D eigenvalue weighted by Crippen LogP contribution is 2.29. The minimum absolute atomic E-state index is 0.103. The van der Waals surface area contributed by atoms with Crippen LogP contribution in [0.1, 0.15) is 51.5 Å². The van der Waals surface area contributed by atoms with E-state index in [0.29, 0.717) is 12.5 Å². The van der Waals surface area contributed by atoms with Crippen LogP contribution in [-0.4, -0.2) is 68.5 Å². The van der Waals surface area contributed by atoms with E-state index >= 15 is 0 Å². The molecule has 0 radical (unpaired) electrons. The van der Waals surface area contributed by atoms with E-state index in [2.05, 4.69) is 38.3 Å². The Balaban J connectivity index is 1.36. The van der Waals surface area contributed by atoms with Crippen molar-refractivity contribution in [2.75, 3.05) is 46.4 Å². The molecule has 0 bridgehead atoms. The van der Waals surface area contributed by atoms with Gasteiger partial charge in [-0.1, -0.05) is 15.9 Å². The summed E-state index contributed by atoms with van der Waals surface area (Å²) in [6, 6.07) is 6.32. The Bertz CT molecular complexity index is 724. The van der Waals surface area contributed by atoms with Crippen molar-refractivity contribution in [3.05, 3.63) is 28.2 Å². The molecule has 0 aromatic heterocycles. The number of hydrogen-bond donors (Lipinski definition) is 1. The second-order valence-electron chi connectivity index (χ2n) is 9.24. The predicted molar refractivity (Wildman–Crippen MR) is 132 cm³/mol. The second-order valence-corrected chi connectivity index (χ2v) is 10.1. The van der Waals surface area contributed by atoms with Gasteiger partial charge in [-0.3, -0.25) is 0 Å². The van der Waals surface area contributed by atoms with Gasteiger partial charge in [0.15, 0.2) is 6.29 Å². The van der Waals surface area contributed by atoms with Gasteiger partial charge in [-0.05, 0) is 101 Å². The van der Waals surface area contributed by atoms with Crippen molar-refractivity contribution in [3.63, 3.8) is 0 Å². The Morgan fingerprint density at radius 1 is 1.22 bits per heavy atom. The molecular formula is C25H40BrN3O3. The van der Waals surface area contributed by atoms with Crippen molar-refractivity contribution in [3.8, 4) is 5.75 Å². The third kappa shape index (κ3) is 7.63. The molecule has 0 saturated carbocycles. The summed E-state index contributed by atoms with van der Waals surface area (Å²) in [7, 11) is 1.66. The molecule has 1 aromatic rings. The topological polar surface area (TPSA) is 54.0 Å². The smallest absolute Gasteiger partial charge is 0.317 e. The second kappa shape index (κ2) is 12.8. The predicted octanol–water partition coefficient (Wildman–Crippen LogP) is 4.91. The van der Waals surface area contributed by atoms with Crippen LogP contribution < -0.4 is 10.1 Å². The molecule has 0 aliphatic carbocycles. The Labute approximate surface area is 202 Å². The average Bonchev–Trinajstić information content (AvgIpc) is 3.23. The zero-order valence-corrected chi connectivity index (χ0v) is 21.5. The molecule has 180 valence electrons. The van der Waals surface area contributed by atoms with Crippen molar-refractivity contribution in [2.45, 2.75) is 58.7 Å². The highest BCUT2D eigenvalue weighted by Gasteiger charge is 2.25. The van der Waals surface area contributed by atoms with Gasteiger partial charge in [-0.25, -0.2) is 4.79 Å². The molecule has 2 unspecified atom stereocenters. The van der Waals surface area contributed by atoms with Crippen molar-refractivity contribution in [1.29, 1.82) is 0 Å². The van der Waals surface area contributed by atoms with Gasteiger partial charge >= 0.3 is 6.03 Å². The van der Waals surface area contributed by atoms with Gasteiger partial charge in [0.1, 0.15) is 5.75 Å². The molecule has 3 rings (SSSR count). The number of urea groups is 1. The Kier molecular flexibility index (Phi) is 10.1. The minimum Gasteiger partial charge on any atom is -0.465 e. The van der Waals surface area contributed by atoms with E-state index in [9.17, 15) is 4.79 Å². The fourth-order valence-corrected chi connectivity index (χ4v) is 5.31. The van der Waals surface area contributed by atoms with E-state index in [4.69, 9.17) is 9.47 Å². The van der Waals surface area contributed by atoms with Gasteiger partial charge in [0.05, 0.1) is 0 Å². The SMILES string of the molecule is CCNC(=O)N1CCC(CCCN2CCC(Cc3cc(OC(C)OC)ccc3Br)C2)CC1. The van der Waals surface area contributed by atoms with Crippen LogP contribution in [0.4, 0.5) is 4.79 Å². The van der Waals surface area contributed by atoms with Crippen LogP contribution in [-0.2, 0) is 11.2 Å². The molecule has 32 heavy (non-hydrogen) atoms. The molecule has 2 aliphatic heterocycles. The first-order chi connectivity index (χ1) is 15.5. The Hall–Kier alpha value is -1.31. The zero-order chi connectivity index (χ0) is 22.9. The summed E-state index contributed by atoms with van der Waals surface area (Å²) in [6.07, 6.45) is 6.94. The summed E-state index contributed by atoms with van der Waals surface area (Å²) in [5.74, 6) is 2.33. The van der Waals surface area contributed by atoms with Gasteiger partial charge in [0.2, 0.25) is 0 Å². The molecule has 2 atom stereocenters. The first-order valence-corrected chi connectivity index (χ1v) is 13.0. The average molecular weight is 511 g/mol. The first kappa shape index (κ1) is 25.3. The Morgan fingerprint density at radius 3 is 2.69 bits per heavy atom. The molecular weight excluding hydrogens is 470 g/mol. The summed E-state index contributed by atoms with van der Waals surface area (Å²) < 4.78 is 12.2. The van der Waals surface area contributed by atoms with Crippen molar-refractivity contribution >= 4 is 22.0 Å². The monoisotopic (exact) mass is 509 g/mol. The maximum absolute atomic E-state index is 11.9. The number of likely N-dealkylation sites (tertiary alicyclic amines) is 2. The van der Waals surface area contributed by atoms with E-state index in [1.807, 2.05) is 24.8 Å². The molecule has 0 spiro atoms. The summed E-state index contributed by atoms with van der Waals surface area (Å²) >= 11 is 3.71. The van der Waals surface area contributed by atoms with Crippen molar-refractivity contribution in [2.24, 2.45) is 11.8 Å². The van der Waals surface area contributed by atoms with Crippen LogP contribution in [0.15, 0.2) is 22.7 Å². The fourth-order valence-electron chi connectivity index (χ4n) is 4.91. The van der Waals surface area contributed by atoms with E-state index in [0.717, 1.165) is 48.5 Å². The molecule has 2 heterocycles. The number of carbonyl (C=O) groups excluding carboxylic acids is 1.